The highest BCUT2D eigenvalue weighted by Gasteiger charge is 2.33. The maximum Gasteiger partial charge on any atom is 0.237 e. The fourth-order valence-electron chi connectivity index (χ4n) is 4.04. The van der Waals surface area contributed by atoms with E-state index in [1.165, 1.54) is 0 Å². The molecule has 1 aliphatic rings. The summed E-state index contributed by atoms with van der Waals surface area (Å²) in [7, 11) is 0. The van der Waals surface area contributed by atoms with Crippen LogP contribution < -0.4 is 21.1 Å². The number of carbonyl (C=O) groups is 2. The quantitative estimate of drug-likeness (QED) is 0.411. The number of benzene rings is 2. The monoisotopic (exact) mass is 465 g/mol. The predicted molar refractivity (Wildman–Crippen MR) is 135 cm³/mol. The van der Waals surface area contributed by atoms with Gasteiger partial charge in [-0.05, 0) is 61.3 Å². The van der Waals surface area contributed by atoms with Crippen molar-refractivity contribution in [3.63, 3.8) is 0 Å². The van der Waals surface area contributed by atoms with Gasteiger partial charge in [-0.25, -0.2) is 0 Å². The molecule has 0 aromatic heterocycles. The second kappa shape index (κ2) is 12.6. The number of nitrogens with two attached hydrogens (primary N) is 1. The van der Waals surface area contributed by atoms with Gasteiger partial charge < -0.3 is 21.1 Å². The zero-order valence-corrected chi connectivity index (χ0v) is 20.6. The predicted octanol–water partition coefficient (Wildman–Crippen LogP) is 4.32. The van der Waals surface area contributed by atoms with Crippen LogP contribution >= 0.6 is 0 Å². The third-order valence-electron chi connectivity index (χ3n) is 6.52. The third-order valence-corrected chi connectivity index (χ3v) is 6.52. The van der Waals surface area contributed by atoms with Gasteiger partial charge in [0.25, 0.3) is 0 Å². The molecule has 184 valence electrons. The zero-order chi connectivity index (χ0) is 24.5. The molecule has 3 rings (SSSR count). The molecule has 0 aliphatic heterocycles. The van der Waals surface area contributed by atoms with Crippen molar-refractivity contribution in [2.75, 3.05) is 13.2 Å². The largest absolute Gasteiger partial charge is 0.493 e. The highest BCUT2D eigenvalue weighted by atomic mass is 16.5. The molecule has 2 amide bonds. The summed E-state index contributed by atoms with van der Waals surface area (Å²) < 4.78 is 5.92. The van der Waals surface area contributed by atoms with E-state index < -0.39 is 6.04 Å². The van der Waals surface area contributed by atoms with E-state index in [0.717, 1.165) is 42.6 Å². The smallest absolute Gasteiger partial charge is 0.237 e. The van der Waals surface area contributed by atoms with Gasteiger partial charge in [0.1, 0.15) is 5.75 Å². The molecule has 1 aliphatic carbocycles. The first kappa shape index (κ1) is 25.8. The van der Waals surface area contributed by atoms with Crippen molar-refractivity contribution in [3.8, 4) is 5.75 Å². The SMILES string of the molecule is CCCC(C)COc1ccc(C(CNC(=O)C(N)C2CC2)NC(=O)C(C)c2ccccc2)cc1. The Morgan fingerprint density at radius 1 is 1.00 bits per heavy atom. The number of rotatable bonds is 13. The average molecular weight is 466 g/mol. The standard InChI is InChI=1S/C28H39N3O3/c1-4-8-19(2)18-34-24-15-13-22(14-16-24)25(17-30-28(33)26(29)23-11-12-23)31-27(32)20(3)21-9-6-5-7-10-21/h5-7,9-10,13-16,19-20,23,25-26H,4,8,11-12,17-18,29H2,1-3H3,(H,30,33)(H,31,32). The van der Waals surface area contributed by atoms with Crippen molar-refractivity contribution in [2.45, 2.75) is 64.5 Å². The third kappa shape index (κ3) is 7.59. The van der Waals surface area contributed by atoms with Crippen LogP contribution in [-0.4, -0.2) is 31.0 Å². The lowest BCUT2D eigenvalue weighted by atomic mass is 9.99. The topological polar surface area (TPSA) is 93.4 Å². The molecule has 0 spiro atoms. The Balaban J connectivity index is 1.67. The summed E-state index contributed by atoms with van der Waals surface area (Å²) in [4.78, 5) is 25.5. The summed E-state index contributed by atoms with van der Waals surface area (Å²) in [5.41, 5.74) is 7.91. The van der Waals surface area contributed by atoms with E-state index in [0.29, 0.717) is 12.5 Å². The Morgan fingerprint density at radius 3 is 2.29 bits per heavy atom. The fourth-order valence-corrected chi connectivity index (χ4v) is 4.04. The van der Waals surface area contributed by atoms with E-state index in [-0.39, 0.29) is 36.2 Å². The van der Waals surface area contributed by atoms with E-state index in [4.69, 9.17) is 10.5 Å². The van der Waals surface area contributed by atoms with Crippen LogP contribution in [0.4, 0.5) is 0 Å². The van der Waals surface area contributed by atoms with E-state index in [1.54, 1.807) is 0 Å². The molecule has 2 aromatic rings. The molecule has 4 unspecified atom stereocenters. The number of ether oxygens (including phenoxy) is 1. The lowest BCUT2D eigenvalue weighted by molar-refractivity contribution is -0.125. The van der Waals surface area contributed by atoms with Gasteiger partial charge in [0.15, 0.2) is 0 Å². The van der Waals surface area contributed by atoms with Gasteiger partial charge in [0.2, 0.25) is 11.8 Å². The fraction of sp³-hybridized carbons (Fsp3) is 0.500. The van der Waals surface area contributed by atoms with Crippen molar-refractivity contribution in [3.05, 3.63) is 65.7 Å². The molecule has 6 heteroatoms. The van der Waals surface area contributed by atoms with Crippen LogP contribution in [0.15, 0.2) is 54.6 Å². The number of nitrogens with one attached hydrogen (secondary N) is 2. The molecule has 4 N–H and O–H groups in total. The Kier molecular flexibility index (Phi) is 9.52. The van der Waals surface area contributed by atoms with Gasteiger partial charge in [0.05, 0.1) is 24.6 Å². The Hall–Kier alpha value is -2.86. The van der Waals surface area contributed by atoms with Gasteiger partial charge in [-0.2, -0.15) is 0 Å². The summed E-state index contributed by atoms with van der Waals surface area (Å²) in [6, 6.07) is 16.6. The van der Waals surface area contributed by atoms with Gasteiger partial charge in [-0.3, -0.25) is 9.59 Å². The minimum atomic E-state index is -0.486. The highest BCUT2D eigenvalue weighted by Crippen LogP contribution is 2.31. The molecule has 34 heavy (non-hydrogen) atoms. The van der Waals surface area contributed by atoms with Crippen molar-refractivity contribution in [1.82, 2.24) is 10.6 Å². The normalized spacial score (nSPS) is 16.7. The van der Waals surface area contributed by atoms with Crippen molar-refractivity contribution < 1.29 is 14.3 Å². The maximum absolute atomic E-state index is 13.1. The first-order valence-corrected chi connectivity index (χ1v) is 12.5. The van der Waals surface area contributed by atoms with Gasteiger partial charge in [-0.15, -0.1) is 0 Å². The molecule has 0 saturated heterocycles. The van der Waals surface area contributed by atoms with Crippen molar-refractivity contribution in [2.24, 2.45) is 17.6 Å². The summed E-state index contributed by atoms with van der Waals surface area (Å²) in [5.74, 6) is 1.01. The average Bonchev–Trinajstić information content (AvgIpc) is 3.70. The first-order valence-electron chi connectivity index (χ1n) is 12.5. The van der Waals surface area contributed by atoms with Crippen LogP contribution in [0, 0.1) is 11.8 Å². The van der Waals surface area contributed by atoms with Gasteiger partial charge in [0, 0.05) is 6.54 Å². The van der Waals surface area contributed by atoms with Crippen LogP contribution in [0.5, 0.6) is 5.75 Å². The Bertz CT molecular complexity index is 912. The summed E-state index contributed by atoms with van der Waals surface area (Å²) in [5, 5.41) is 6.07. The van der Waals surface area contributed by atoms with Crippen LogP contribution in [0.25, 0.3) is 0 Å². The number of amides is 2. The molecule has 0 heterocycles. The summed E-state index contributed by atoms with van der Waals surface area (Å²) >= 11 is 0. The summed E-state index contributed by atoms with van der Waals surface area (Å²) in [6.07, 6.45) is 4.28. The van der Waals surface area contributed by atoms with E-state index in [9.17, 15) is 9.59 Å². The number of hydrogen-bond donors (Lipinski definition) is 3. The van der Waals surface area contributed by atoms with Crippen LogP contribution in [0.1, 0.15) is 69.5 Å². The minimum Gasteiger partial charge on any atom is -0.493 e. The molecule has 1 fully saturated rings. The number of hydrogen-bond acceptors (Lipinski definition) is 4. The van der Waals surface area contributed by atoms with E-state index >= 15 is 0 Å². The molecule has 2 aromatic carbocycles. The lowest BCUT2D eigenvalue weighted by Crippen LogP contribution is -2.46. The molecule has 6 nitrogen and oxygen atoms in total. The maximum atomic E-state index is 13.1. The van der Waals surface area contributed by atoms with Crippen molar-refractivity contribution >= 4 is 11.8 Å². The van der Waals surface area contributed by atoms with Crippen molar-refractivity contribution in [1.29, 1.82) is 0 Å². The second-order valence-corrected chi connectivity index (χ2v) is 9.58. The Morgan fingerprint density at radius 2 is 1.68 bits per heavy atom. The molecular weight excluding hydrogens is 426 g/mol. The van der Waals surface area contributed by atoms with E-state index in [2.05, 4.69) is 24.5 Å². The summed E-state index contributed by atoms with van der Waals surface area (Å²) in [6.45, 7) is 7.20. The zero-order valence-electron chi connectivity index (χ0n) is 20.6. The van der Waals surface area contributed by atoms with Gasteiger partial charge >= 0.3 is 0 Å². The van der Waals surface area contributed by atoms with E-state index in [1.807, 2.05) is 61.5 Å². The van der Waals surface area contributed by atoms with Gasteiger partial charge in [-0.1, -0.05) is 62.7 Å². The second-order valence-electron chi connectivity index (χ2n) is 9.58. The molecule has 1 saturated carbocycles. The molecule has 0 radical (unpaired) electrons. The Labute approximate surface area is 203 Å². The minimum absolute atomic E-state index is 0.0920. The number of carbonyl (C=O) groups excluding carboxylic acids is 2. The molecule has 4 atom stereocenters. The van der Waals surface area contributed by atoms with Crippen LogP contribution in [0.3, 0.4) is 0 Å². The lowest BCUT2D eigenvalue weighted by Gasteiger charge is -2.23. The van der Waals surface area contributed by atoms with Crippen LogP contribution in [0.2, 0.25) is 0 Å². The first-order chi connectivity index (χ1) is 16.4. The molecular formula is C28H39N3O3. The highest BCUT2D eigenvalue weighted by molar-refractivity contribution is 5.84. The van der Waals surface area contributed by atoms with Crippen LogP contribution in [-0.2, 0) is 9.59 Å². The molecule has 0 bridgehead atoms.